The molecule has 5 heteroatoms. The number of carbonyl (C=O) groups is 1. The van der Waals surface area contributed by atoms with Gasteiger partial charge < -0.3 is 15.4 Å². The molecule has 0 saturated heterocycles. The standard InChI is InChI=1S/C16H25FN2O2/c1-5-18-15(20)8-9-21-14-7-6-13(17)10-12(14)11-19-16(2,3)4/h6-7,10,19H,5,8-9,11H2,1-4H3,(H,18,20). The molecule has 0 aliphatic heterocycles. The molecule has 0 aliphatic rings. The average Bonchev–Trinajstić information content (AvgIpc) is 2.38. The molecule has 0 atom stereocenters. The summed E-state index contributed by atoms with van der Waals surface area (Å²) in [5.41, 5.74) is 0.686. The van der Waals surface area contributed by atoms with E-state index in [2.05, 4.69) is 10.6 Å². The van der Waals surface area contributed by atoms with Crippen molar-refractivity contribution < 1.29 is 13.9 Å². The van der Waals surface area contributed by atoms with Gasteiger partial charge in [0.15, 0.2) is 0 Å². The predicted octanol–water partition coefficient (Wildman–Crippen LogP) is 2.62. The minimum Gasteiger partial charge on any atom is -0.493 e. The van der Waals surface area contributed by atoms with Gasteiger partial charge >= 0.3 is 0 Å². The second kappa shape index (κ2) is 7.98. The van der Waals surface area contributed by atoms with Crippen LogP contribution in [-0.2, 0) is 11.3 Å². The molecular formula is C16H25FN2O2. The van der Waals surface area contributed by atoms with Crippen molar-refractivity contribution in [2.75, 3.05) is 13.2 Å². The minimum absolute atomic E-state index is 0.0472. The SMILES string of the molecule is CCNC(=O)CCOc1ccc(F)cc1CNC(C)(C)C. The third-order valence-corrected chi connectivity index (χ3v) is 2.79. The van der Waals surface area contributed by atoms with Crippen LogP contribution in [0.4, 0.5) is 4.39 Å². The zero-order valence-corrected chi connectivity index (χ0v) is 13.3. The number of rotatable bonds is 7. The molecule has 1 amide bonds. The summed E-state index contributed by atoms with van der Waals surface area (Å²) in [7, 11) is 0. The van der Waals surface area contributed by atoms with Crippen LogP contribution in [0, 0.1) is 5.82 Å². The van der Waals surface area contributed by atoms with E-state index in [1.54, 1.807) is 6.07 Å². The topological polar surface area (TPSA) is 50.4 Å². The van der Waals surface area contributed by atoms with Crippen LogP contribution in [0.1, 0.15) is 39.7 Å². The summed E-state index contributed by atoms with van der Waals surface area (Å²) in [5, 5.41) is 6.01. The van der Waals surface area contributed by atoms with E-state index in [1.807, 2.05) is 27.7 Å². The highest BCUT2D eigenvalue weighted by atomic mass is 19.1. The fourth-order valence-electron chi connectivity index (χ4n) is 1.73. The fourth-order valence-corrected chi connectivity index (χ4v) is 1.73. The first kappa shape index (κ1) is 17.4. The Bertz CT molecular complexity index is 470. The molecule has 0 saturated carbocycles. The molecule has 0 fully saturated rings. The number of benzene rings is 1. The Kier molecular flexibility index (Phi) is 6.62. The summed E-state index contributed by atoms with van der Waals surface area (Å²) in [6.07, 6.45) is 0.289. The molecule has 2 N–H and O–H groups in total. The lowest BCUT2D eigenvalue weighted by Gasteiger charge is -2.21. The first-order chi connectivity index (χ1) is 9.81. The second-order valence-corrected chi connectivity index (χ2v) is 5.91. The van der Waals surface area contributed by atoms with Gasteiger partial charge in [0.1, 0.15) is 11.6 Å². The molecule has 0 unspecified atom stereocenters. The largest absolute Gasteiger partial charge is 0.493 e. The molecule has 1 aromatic rings. The molecule has 0 heterocycles. The van der Waals surface area contributed by atoms with Crippen LogP contribution >= 0.6 is 0 Å². The van der Waals surface area contributed by atoms with Gasteiger partial charge in [-0.2, -0.15) is 0 Å². The van der Waals surface area contributed by atoms with Crippen molar-refractivity contribution >= 4 is 5.91 Å². The molecular weight excluding hydrogens is 271 g/mol. The lowest BCUT2D eigenvalue weighted by atomic mass is 10.1. The van der Waals surface area contributed by atoms with Gasteiger partial charge in [-0.05, 0) is 45.9 Å². The summed E-state index contributed by atoms with van der Waals surface area (Å²) in [6.45, 7) is 9.40. The van der Waals surface area contributed by atoms with Crippen LogP contribution in [0.5, 0.6) is 5.75 Å². The first-order valence-electron chi connectivity index (χ1n) is 7.25. The number of hydrogen-bond donors (Lipinski definition) is 2. The van der Waals surface area contributed by atoms with Gasteiger partial charge in [-0.1, -0.05) is 0 Å². The van der Waals surface area contributed by atoms with Crippen LogP contribution in [0.2, 0.25) is 0 Å². The van der Waals surface area contributed by atoms with Gasteiger partial charge in [0.25, 0.3) is 0 Å². The monoisotopic (exact) mass is 296 g/mol. The number of carbonyl (C=O) groups excluding carboxylic acids is 1. The molecule has 0 spiro atoms. The molecule has 0 aliphatic carbocycles. The smallest absolute Gasteiger partial charge is 0.223 e. The molecule has 0 bridgehead atoms. The van der Waals surface area contributed by atoms with Crippen LogP contribution in [-0.4, -0.2) is 24.6 Å². The highest BCUT2D eigenvalue weighted by Crippen LogP contribution is 2.20. The Morgan fingerprint density at radius 3 is 2.67 bits per heavy atom. The molecule has 21 heavy (non-hydrogen) atoms. The third kappa shape index (κ3) is 7.09. The Labute approximate surface area is 126 Å². The molecule has 0 aromatic heterocycles. The molecule has 1 rings (SSSR count). The number of amides is 1. The summed E-state index contributed by atoms with van der Waals surface area (Å²) >= 11 is 0. The lowest BCUT2D eigenvalue weighted by Crippen LogP contribution is -2.35. The van der Waals surface area contributed by atoms with E-state index < -0.39 is 0 Å². The molecule has 0 radical (unpaired) electrons. The van der Waals surface area contributed by atoms with Crippen molar-refractivity contribution in [2.45, 2.75) is 46.2 Å². The van der Waals surface area contributed by atoms with Crippen molar-refractivity contribution in [3.8, 4) is 5.75 Å². The predicted molar refractivity (Wildman–Crippen MR) is 81.8 cm³/mol. The normalized spacial score (nSPS) is 11.3. The summed E-state index contributed by atoms with van der Waals surface area (Å²) in [4.78, 5) is 11.4. The average molecular weight is 296 g/mol. The maximum atomic E-state index is 13.4. The number of halogens is 1. The quantitative estimate of drug-likeness (QED) is 0.813. The van der Waals surface area contributed by atoms with Crippen molar-refractivity contribution in [1.29, 1.82) is 0 Å². The van der Waals surface area contributed by atoms with Crippen LogP contribution < -0.4 is 15.4 Å². The molecule has 1 aromatic carbocycles. The van der Waals surface area contributed by atoms with Gasteiger partial charge in [0, 0.05) is 24.2 Å². The van der Waals surface area contributed by atoms with Crippen LogP contribution in [0.15, 0.2) is 18.2 Å². The highest BCUT2D eigenvalue weighted by Gasteiger charge is 2.12. The van der Waals surface area contributed by atoms with E-state index in [0.717, 1.165) is 5.56 Å². The maximum absolute atomic E-state index is 13.4. The number of ether oxygens (including phenoxy) is 1. The summed E-state index contributed by atoms with van der Waals surface area (Å²) in [6, 6.07) is 4.43. The van der Waals surface area contributed by atoms with Gasteiger partial charge in [0.2, 0.25) is 5.91 Å². The van der Waals surface area contributed by atoms with Crippen molar-refractivity contribution in [2.24, 2.45) is 0 Å². The Hall–Kier alpha value is -1.62. The second-order valence-electron chi connectivity index (χ2n) is 5.91. The minimum atomic E-state index is -0.295. The third-order valence-electron chi connectivity index (χ3n) is 2.79. The summed E-state index contributed by atoms with van der Waals surface area (Å²) < 4.78 is 19.0. The van der Waals surface area contributed by atoms with E-state index in [0.29, 0.717) is 18.8 Å². The zero-order chi connectivity index (χ0) is 15.9. The van der Waals surface area contributed by atoms with Gasteiger partial charge in [0.05, 0.1) is 13.0 Å². The number of hydrogen-bond acceptors (Lipinski definition) is 3. The van der Waals surface area contributed by atoms with Crippen LogP contribution in [0.25, 0.3) is 0 Å². The van der Waals surface area contributed by atoms with E-state index >= 15 is 0 Å². The van der Waals surface area contributed by atoms with E-state index in [-0.39, 0.29) is 30.3 Å². The first-order valence-corrected chi connectivity index (χ1v) is 7.25. The Balaban J connectivity index is 2.62. The van der Waals surface area contributed by atoms with E-state index in [1.165, 1.54) is 12.1 Å². The fraction of sp³-hybridized carbons (Fsp3) is 0.562. The zero-order valence-electron chi connectivity index (χ0n) is 13.3. The Morgan fingerprint density at radius 2 is 2.05 bits per heavy atom. The lowest BCUT2D eigenvalue weighted by molar-refractivity contribution is -0.121. The van der Waals surface area contributed by atoms with Crippen molar-refractivity contribution in [3.63, 3.8) is 0 Å². The van der Waals surface area contributed by atoms with Crippen LogP contribution in [0.3, 0.4) is 0 Å². The van der Waals surface area contributed by atoms with Gasteiger partial charge in [-0.15, -0.1) is 0 Å². The summed E-state index contributed by atoms with van der Waals surface area (Å²) in [5.74, 6) is 0.267. The Morgan fingerprint density at radius 1 is 1.33 bits per heavy atom. The van der Waals surface area contributed by atoms with Crippen molar-refractivity contribution in [1.82, 2.24) is 10.6 Å². The molecule has 118 valence electrons. The molecule has 4 nitrogen and oxygen atoms in total. The van der Waals surface area contributed by atoms with Crippen molar-refractivity contribution in [3.05, 3.63) is 29.6 Å². The number of nitrogens with one attached hydrogen (secondary N) is 2. The van der Waals surface area contributed by atoms with Gasteiger partial charge in [-0.25, -0.2) is 4.39 Å². The maximum Gasteiger partial charge on any atom is 0.223 e. The van der Waals surface area contributed by atoms with E-state index in [9.17, 15) is 9.18 Å². The van der Waals surface area contributed by atoms with E-state index in [4.69, 9.17) is 4.74 Å². The van der Waals surface area contributed by atoms with Gasteiger partial charge in [-0.3, -0.25) is 4.79 Å². The highest BCUT2D eigenvalue weighted by molar-refractivity contribution is 5.75.